The van der Waals surface area contributed by atoms with Crippen molar-refractivity contribution in [2.75, 3.05) is 5.32 Å². The number of halogens is 2. The van der Waals surface area contributed by atoms with Crippen LogP contribution >= 0.6 is 11.3 Å². The van der Waals surface area contributed by atoms with Crippen LogP contribution in [0.1, 0.15) is 0 Å². The molecule has 3 nitrogen and oxygen atoms in total. The average molecular weight is 339 g/mol. The van der Waals surface area contributed by atoms with E-state index in [2.05, 4.69) is 15.3 Å². The van der Waals surface area contributed by atoms with Crippen LogP contribution in [0, 0.1) is 11.6 Å². The molecule has 0 aliphatic carbocycles. The number of anilines is 2. The van der Waals surface area contributed by atoms with Gasteiger partial charge in [-0.3, -0.25) is 0 Å². The largest absolute Gasteiger partial charge is 0.340 e. The van der Waals surface area contributed by atoms with E-state index >= 15 is 0 Å². The van der Waals surface area contributed by atoms with Gasteiger partial charge in [0.05, 0.1) is 5.39 Å². The maximum Gasteiger partial charge on any atom is 0.143 e. The number of benzene rings is 2. The van der Waals surface area contributed by atoms with Gasteiger partial charge in [0.2, 0.25) is 0 Å². The minimum atomic E-state index is -0.295. The fraction of sp³-hybridized carbons (Fsp3) is 0. The van der Waals surface area contributed by atoms with Crippen LogP contribution in [0.3, 0.4) is 0 Å². The van der Waals surface area contributed by atoms with Crippen LogP contribution in [0.5, 0.6) is 0 Å². The van der Waals surface area contributed by atoms with Gasteiger partial charge >= 0.3 is 0 Å². The van der Waals surface area contributed by atoms with Gasteiger partial charge in [0.15, 0.2) is 0 Å². The maximum atomic E-state index is 13.2. The van der Waals surface area contributed by atoms with E-state index in [0.29, 0.717) is 5.82 Å². The highest BCUT2D eigenvalue weighted by atomic mass is 32.1. The summed E-state index contributed by atoms with van der Waals surface area (Å²) in [6.45, 7) is 0. The lowest BCUT2D eigenvalue weighted by Gasteiger charge is -2.08. The van der Waals surface area contributed by atoms with E-state index in [1.54, 1.807) is 24.3 Å². The molecular weight excluding hydrogens is 328 g/mol. The van der Waals surface area contributed by atoms with Gasteiger partial charge in [-0.25, -0.2) is 18.7 Å². The van der Waals surface area contributed by atoms with E-state index in [0.717, 1.165) is 27.0 Å². The summed E-state index contributed by atoms with van der Waals surface area (Å²) < 4.78 is 26.2. The van der Waals surface area contributed by atoms with Gasteiger partial charge in [-0.15, -0.1) is 11.3 Å². The van der Waals surface area contributed by atoms with E-state index in [1.807, 2.05) is 5.38 Å². The first kappa shape index (κ1) is 14.7. The number of hydrogen-bond donors (Lipinski definition) is 1. The molecule has 0 aliphatic rings. The van der Waals surface area contributed by atoms with Gasteiger partial charge in [-0.2, -0.15) is 0 Å². The van der Waals surface area contributed by atoms with Crippen LogP contribution < -0.4 is 5.32 Å². The van der Waals surface area contributed by atoms with Crippen molar-refractivity contribution < 1.29 is 8.78 Å². The van der Waals surface area contributed by atoms with Crippen molar-refractivity contribution in [2.45, 2.75) is 0 Å². The van der Waals surface area contributed by atoms with E-state index in [-0.39, 0.29) is 11.6 Å². The fourth-order valence-corrected chi connectivity index (χ4v) is 3.40. The van der Waals surface area contributed by atoms with Crippen molar-refractivity contribution in [1.82, 2.24) is 9.97 Å². The Morgan fingerprint density at radius 1 is 0.833 bits per heavy atom. The second-order valence-electron chi connectivity index (χ2n) is 5.19. The quantitative estimate of drug-likeness (QED) is 0.544. The number of hydrogen-bond acceptors (Lipinski definition) is 4. The van der Waals surface area contributed by atoms with Crippen molar-refractivity contribution in [1.29, 1.82) is 0 Å². The zero-order valence-electron chi connectivity index (χ0n) is 12.3. The number of thiophene rings is 1. The Kier molecular flexibility index (Phi) is 3.66. The summed E-state index contributed by atoms with van der Waals surface area (Å²) in [6.07, 6.45) is 1.49. The van der Waals surface area contributed by atoms with Gasteiger partial charge in [0.25, 0.3) is 0 Å². The van der Waals surface area contributed by atoms with Gasteiger partial charge in [-0.05, 0) is 42.0 Å². The minimum Gasteiger partial charge on any atom is -0.340 e. The number of rotatable bonds is 3. The highest BCUT2D eigenvalue weighted by molar-refractivity contribution is 7.17. The monoisotopic (exact) mass is 339 g/mol. The van der Waals surface area contributed by atoms with Crippen molar-refractivity contribution in [2.24, 2.45) is 0 Å². The van der Waals surface area contributed by atoms with E-state index < -0.39 is 0 Å². The molecule has 0 radical (unpaired) electrons. The molecule has 0 bridgehead atoms. The highest BCUT2D eigenvalue weighted by Gasteiger charge is 2.13. The average Bonchev–Trinajstić information content (AvgIpc) is 3.03. The molecular formula is C18H11F2N3S. The van der Waals surface area contributed by atoms with E-state index in [1.165, 1.54) is 41.9 Å². The Bertz CT molecular complexity index is 995. The first-order valence-corrected chi connectivity index (χ1v) is 8.09. The van der Waals surface area contributed by atoms with Crippen molar-refractivity contribution in [3.05, 3.63) is 71.9 Å². The van der Waals surface area contributed by atoms with Crippen LogP contribution in [-0.4, -0.2) is 9.97 Å². The van der Waals surface area contributed by atoms with Crippen molar-refractivity contribution in [3.8, 4) is 11.1 Å². The van der Waals surface area contributed by atoms with Crippen LogP contribution in [0.25, 0.3) is 21.3 Å². The second-order valence-corrected chi connectivity index (χ2v) is 6.05. The third-order valence-corrected chi connectivity index (χ3v) is 4.52. The fourth-order valence-electron chi connectivity index (χ4n) is 2.48. The van der Waals surface area contributed by atoms with E-state index in [9.17, 15) is 8.78 Å². The summed E-state index contributed by atoms with van der Waals surface area (Å²) in [7, 11) is 0. The summed E-state index contributed by atoms with van der Waals surface area (Å²) in [5, 5.41) is 6.03. The van der Waals surface area contributed by atoms with Gasteiger partial charge in [0, 0.05) is 16.6 Å². The molecule has 0 atom stereocenters. The molecule has 24 heavy (non-hydrogen) atoms. The topological polar surface area (TPSA) is 37.8 Å². The number of nitrogens with zero attached hydrogens (tertiary/aromatic N) is 2. The molecule has 6 heteroatoms. The number of nitrogens with one attached hydrogen (secondary N) is 1. The zero-order valence-corrected chi connectivity index (χ0v) is 13.1. The molecule has 2 heterocycles. The first-order chi connectivity index (χ1) is 11.7. The van der Waals surface area contributed by atoms with Crippen LogP contribution in [0.4, 0.5) is 20.3 Å². The lowest BCUT2D eigenvalue weighted by Crippen LogP contribution is -1.95. The van der Waals surface area contributed by atoms with Crippen LogP contribution in [0.15, 0.2) is 60.2 Å². The van der Waals surface area contributed by atoms with Crippen LogP contribution in [-0.2, 0) is 0 Å². The van der Waals surface area contributed by atoms with Gasteiger partial charge in [0.1, 0.15) is 28.6 Å². The lowest BCUT2D eigenvalue weighted by molar-refractivity contribution is 0.627. The Morgan fingerprint density at radius 3 is 2.21 bits per heavy atom. The number of aromatic nitrogens is 2. The molecule has 118 valence electrons. The SMILES string of the molecule is Fc1ccc(Nc2ncnc3scc(-c4ccc(F)cc4)c23)cc1. The van der Waals surface area contributed by atoms with Gasteiger partial charge < -0.3 is 5.32 Å². The molecule has 0 saturated heterocycles. The Hall–Kier alpha value is -2.86. The Labute approximate surface area is 140 Å². The highest BCUT2D eigenvalue weighted by Crippen LogP contribution is 2.37. The summed E-state index contributed by atoms with van der Waals surface area (Å²) in [5.74, 6) is 0.0577. The number of fused-ring (bicyclic) bond motifs is 1. The Morgan fingerprint density at radius 2 is 1.50 bits per heavy atom. The first-order valence-electron chi connectivity index (χ1n) is 7.21. The molecule has 0 aliphatic heterocycles. The molecule has 2 aromatic heterocycles. The van der Waals surface area contributed by atoms with Crippen LogP contribution in [0.2, 0.25) is 0 Å². The van der Waals surface area contributed by atoms with Gasteiger partial charge in [-0.1, -0.05) is 12.1 Å². The third-order valence-electron chi connectivity index (χ3n) is 3.63. The predicted octanol–water partition coefficient (Wildman–Crippen LogP) is 5.38. The summed E-state index contributed by atoms with van der Waals surface area (Å²) >= 11 is 1.50. The van der Waals surface area contributed by atoms with Crippen molar-refractivity contribution >= 4 is 33.1 Å². The normalized spacial score (nSPS) is 10.9. The third kappa shape index (κ3) is 2.72. The second kappa shape index (κ2) is 5.98. The molecule has 4 aromatic rings. The summed E-state index contributed by atoms with van der Waals surface area (Å²) in [4.78, 5) is 9.44. The standard InChI is InChI=1S/C18H11F2N3S/c19-12-3-1-11(2-4-12)15-9-24-18-16(15)17(21-10-22-18)23-14-7-5-13(20)6-8-14/h1-10H,(H,21,22,23). The summed E-state index contributed by atoms with van der Waals surface area (Å²) in [5.41, 5.74) is 2.55. The minimum absolute atomic E-state index is 0.279. The maximum absolute atomic E-state index is 13.2. The zero-order chi connectivity index (χ0) is 16.5. The molecule has 0 amide bonds. The molecule has 4 rings (SSSR count). The van der Waals surface area contributed by atoms with E-state index in [4.69, 9.17) is 0 Å². The molecule has 0 spiro atoms. The van der Waals surface area contributed by atoms with Crippen molar-refractivity contribution in [3.63, 3.8) is 0 Å². The molecule has 1 N–H and O–H groups in total. The summed E-state index contributed by atoms with van der Waals surface area (Å²) in [6, 6.07) is 12.4. The smallest absolute Gasteiger partial charge is 0.143 e. The molecule has 0 saturated carbocycles. The Balaban J connectivity index is 1.82. The lowest BCUT2D eigenvalue weighted by atomic mass is 10.1. The molecule has 0 unspecified atom stereocenters. The molecule has 2 aromatic carbocycles. The molecule has 0 fully saturated rings. The predicted molar refractivity (Wildman–Crippen MR) is 92.5 cm³/mol.